The summed E-state index contributed by atoms with van der Waals surface area (Å²) in [5.41, 5.74) is 0. The topological polar surface area (TPSA) is 0 Å². The molecule has 0 aromatic rings. The molecule has 0 rings (SSSR count). The molecule has 0 nitrogen and oxygen atoms in total. The van der Waals surface area contributed by atoms with Crippen LogP contribution >= 0.6 is 0 Å². The van der Waals surface area contributed by atoms with Gasteiger partial charge in [-0.05, 0) is 0 Å². The second kappa shape index (κ2) is 17.9. The summed E-state index contributed by atoms with van der Waals surface area (Å²) < 4.78 is 0. The van der Waals surface area contributed by atoms with Gasteiger partial charge in [0.15, 0.2) is 0 Å². The average molecular weight is 319 g/mol. The third kappa shape index (κ3) is 8.82. The van der Waals surface area contributed by atoms with Gasteiger partial charge in [-0.25, -0.2) is 0 Å². The van der Waals surface area contributed by atoms with Gasteiger partial charge in [-0.1, -0.05) is 0 Å². The minimum absolute atomic E-state index is 0. The minimum Gasteiger partial charge on any atom is -1.00 e. The number of halogens is 1. The van der Waals surface area contributed by atoms with E-state index in [1.54, 1.807) is 0 Å². The molecule has 0 spiro atoms. The van der Waals surface area contributed by atoms with Gasteiger partial charge in [0.1, 0.15) is 0 Å². The summed E-state index contributed by atoms with van der Waals surface area (Å²) >= 11 is 0. The zero-order chi connectivity index (χ0) is 0. The Morgan fingerprint density at radius 1 is 1.00 bits per heavy atom. The Hall–Kier alpha value is 2.47. The third-order valence-corrected chi connectivity index (χ3v) is 0. The van der Waals surface area contributed by atoms with Gasteiger partial charge in [-0.3, -0.25) is 0 Å². The Bertz CT molecular complexity index is 8.00. The van der Waals surface area contributed by atoms with Crippen molar-refractivity contribution in [3.05, 3.63) is 0 Å². The fourth-order valence-corrected chi connectivity index (χ4v) is 0. The summed E-state index contributed by atoms with van der Waals surface area (Å²) in [4.78, 5) is 0. The van der Waals surface area contributed by atoms with Crippen LogP contribution in [-0.2, 0) is 66.7 Å². The fraction of sp³-hybridized carbons (Fsp3) is 0. The Labute approximate surface area is 78.0 Å². The van der Waals surface area contributed by atoms with Gasteiger partial charge in [-0.15, -0.1) is 0 Å². The van der Waals surface area contributed by atoms with Gasteiger partial charge in [0.05, 0.1) is 0 Å². The molecule has 0 unspecified atom stereocenters. The summed E-state index contributed by atoms with van der Waals surface area (Å²) in [6.45, 7) is 0. The normalized spacial score (nSPS) is 0. The van der Waals surface area contributed by atoms with Crippen LogP contribution in [0.1, 0.15) is 0 Å². The molecule has 0 aromatic heterocycles. The molecule has 0 aliphatic heterocycles. The van der Waals surface area contributed by atoms with E-state index in [1.807, 2.05) is 0 Å². The minimum atomic E-state index is 0. The smallest absolute Gasteiger partial charge is 1.00 e. The molecule has 0 saturated heterocycles. The van der Waals surface area contributed by atoms with Crippen LogP contribution in [0, 0.1) is 0 Å². The monoisotopic (exact) mass is 319 g/mol. The van der Waals surface area contributed by atoms with Crippen LogP contribution < -0.4 is 12.4 Å². The molecule has 0 bridgehead atoms. The van der Waals surface area contributed by atoms with Crippen LogP contribution in [0.5, 0.6) is 0 Å². The van der Waals surface area contributed by atoms with Crippen molar-refractivity contribution in [3.8, 4) is 0 Å². The van der Waals surface area contributed by atoms with Crippen molar-refractivity contribution in [1.29, 1.82) is 0 Å². The SMILES string of the molecule is [Ag+].[Cd].[Cl-].[Cu]. The van der Waals surface area contributed by atoms with Crippen molar-refractivity contribution in [2.45, 2.75) is 0 Å². The summed E-state index contributed by atoms with van der Waals surface area (Å²) in [7, 11) is 0. The molecule has 0 fully saturated rings. The van der Waals surface area contributed by atoms with Crippen LogP contribution in [0.25, 0.3) is 0 Å². The van der Waals surface area contributed by atoms with E-state index in [-0.39, 0.29) is 79.2 Å². The van der Waals surface area contributed by atoms with E-state index >= 15 is 0 Å². The first-order valence-corrected chi connectivity index (χ1v) is 0. The molecule has 4 heavy (non-hydrogen) atoms. The quantitative estimate of drug-likeness (QED) is 0.418. The van der Waals surface area contributed by atoms with Crippen molar-refractivity contribution < 1.29 is 79.2 Å². The molecule has 31 valence electrons. The molecule has 1 radical (unpaired) electrons. The largest absolute Gasteiger partial charge is 1.00 e. The van der Waals surface area contributed by atoms with Crippen LogP contribution in [0.3, 0.4) is 0 Å². The molecule has 0 aliphatic rings. The fourth-order valence-electron chi connectivity index (χ4n) is 0. The third-order valence-electron chi connectivity index (χ3n) is 0. The summed E-state index contributed by atoms with van der Waals surface area (Å²) in [6.07, 6.45) is 0. The Morgan fingerprint density at radius 2 is 1.00 bits per heavy atom. The Morgan fingerprint density at radius 3 is 1.00 bits per heavy atom. The van der Waals surface area contributed by atoms with Crippen molar-refractivity contribution in [3.63, 3.8) is 0 Å². The van der Waals surface area contributed by atoms with Gasteiger partial charge in [0.25, 0.3) is 0 Å². The van der Waals surface area contributed by atoms with Gasteiger partial charge in [-0.2, -0.15) is 0 Å². The van der Waals surface area contributed by atoms with Crippen molar-refractivity contribution >= 4 is 0 Å². The van der Waals surface area contributed by atoms with E-state index in [0.717, 1.165) is 0 Å². The van der Waals surface area contributed by atoms with Crippen molar-refractivity contribution in [2.24, 2.45) is 0 Å². The van der Waals surface area contributed by atoms with Crippen LogP contribution in [0.4, 0.5) is 0 Å². The summed E-state index contributed by atoms with van der Waals surface area (Å²) in [6, 6.07) is 0. The molecule has 0 heterocycles. The molecular formula is AgCdClCu. The maximum Gasteiger partial charge on any atom is 1.00 e. The predicted molar refractivity (Wildman–Crippen MR) is 0 cm³/mol. The molecular weight excluding hydrogens is 319 g/mol. The van der Waals surface area contributed by atoms with E-state index in [2.05, 4.69) is 0 Å². The van der Waals surface area contributed by atoms with Crippen molar-refractivity contribution in [2.75, 3.05) is 0 Å². The van der Waals surface area contributed by atoms with E-state index in [9.17, 15) is 0 Å². The first-order chi connectivity index (χ1) is 0. The molecule has 0 N–H and O–H groups in total. The molecule has 4 heteroatoms. The van der Waals surface area contributed by atoms with E-state index in [0.29, 0.717) is 0 Å². The number of hydrogen-bond acceptors (Lipinski definition) is 0. The number of hydrogen-bond donors (Lipinski definition) is 0. The average Bonchev–Trinajstić information content (AvgIpc) is 0. The first-order valence-electron chi connectivity index (χ1n) is 0. The van der Waals surface area contributed by atoms with E-state index in [1.165, 1.54) is 0 Å². The standard InChI is InChI=1S/Ag.Cd.ClH.Cu/h;;1H;/q+1;;;/p-1. The van der Waals surface area contributed by atoms with Gasteiger partial charge in [0, 0.05) is 44.4 Å². The molecule has 0 aliphatic carbocycles. The second-order valence-electron chi connectivity index (χ2n) is 0. The van der Waals surface area contributed by atoms with E-state index < -0.39 is 0 Å². The zero-order valence-corrected chi connectivity index (χ0v) is 8.90. The Kier molecular flexibility index (Phi) is 142. The maximum atomic E-state index is 0. The molecule has 0 amide bonds. The zero-order valence-electron chi connectivity index (χ0n) is 1.69. The predicted octanol–water partition coefficient (Wildman–Crippen LogP) is -3.00. The van der Waals surface area contributed by atoms with Crippen LogP contribution in [0.2, 0.25) is 0 Å². The number of rotatable bonds is 0. The van der Waals surface area contributed by atoms with Gasteiger partial charge >= 0.3 is 22.4 Å². The van der Waals surface area contributed by atoms with Gasteiger partial charge < -0.3 is 12.4 Å². The molecule has 0 saturated carbocycles. The first kappa shape index (κ1) is 31.7. The summed E-state index contributed by atoms with van der Waals surface area (Å²) in [5.74, 6) is 0. The van der Waals surface area contributed by atoms with Crippen LogP contribution in [0.15, 0.2) is 0 Å². The van der Waals surface area contributed by atoms with Crippen molar-refractivity contribution in [1.82, 2.24) is 0 Å². The Balaban J connectivity index is 0. The summed E-state index contributed by atoms with van der Waals surface area (Å²) in [5, 5.41) is 0. The molecule has 0 atom stereocenters. The molecule has 0 aromatic carbocycles. The van der Waals surface area contributed by atoms with Gasteiger partial charge in [0.2, 0.25) is 0 Å². The maximum absolute atomic E-state index is 0. The second-order valence-corrected chi connectivity index (χ2v) is 0. The van der Waals surface area contributed by atoms with E-state index in [4.69, 9.17) is 0 Å². The van der Waals surface area contributed by atoms with Crippen LogP contribution in [-0.4, -0.2) is 0 Å².